The number of ether oxygens (including phenoxy) is 6. The molecule has 1 N–H and O–H groups in total. The monoisotopic (exact) mass is 566 g/mol. The first kappa shape index (κ1) is 31.4. The number of rotatable bonds is 16. The predicted octanol–water partition coefficient (Wildman–Crippen LogP) is 6.69. The third kappa shape index (κ3) is 13.2. The SMILES string of the molecule is C[C@@H](CCOCc1ccccc1)OC(=O)OCc1cc(O)cc(COC(=O)O[C@@H](C)CCOCc2ccccc2)c1. The van der Waals surface area contributed by atoms with Crippen molar-refractivity contribution in [1.82, 2.24) is 0 Å². The molecule has 0 saturated carbocycles. The Morgan fingerprint density at radius 2 is 1.02 bits per heavy atom. The van der Waals surface area contributed by atoms with Gasteiger partial charge in [-0.1, -0.05) is 60.7 Å². The van der Waals surface area contributed by atoms with Crippen LogP contribution in [-0.2, 0) is 54.8 Å². The zero-order chi connectivity index (χ0) is 29.3. The third-order valence-electron chi connectivity index (χ3n) is 5.91. The van der Waals surface area contributed by atoms with Gasteiger partial charge >= 0.3 is 12.3 Å². The average Bonchev–Trinajstić information content (AvgIpc) is 2.96. The molecule has 0 radical (unpaired) electrons. The Morgan fingerprint density at radius 3 is 1.44 bits per heavy atom. The third-order valence-corrected chi connectivity index (χ3v) is 5.91. The van der Waals surface area contributed by atoms with E-state index in [1.165, 1.54) is 12.1 Å². The van der Waals surface area contributed by atoms with Crippen LogP contribution in [0.3, 0.4) is 0 Å². The fourth-order valence-corrected chi connectivity index (χ4v) is 3.74. The van der Waals surface area contributed by atoms with Crippen LogP contribution in [0.25, 0.3) is 0 Å². The number of aromatic hydroxyl groups is 1. The lowest BCUT2D eigenvalue weighted by Gasteiger charge is -2.14. The summed E-state index contributed by atoms with van der Waals surface area (Å²) in [6.07, 6.45) is -1.40. The van der Waals surface area contributed by atoms with Gasteiger partial charge in [0.25, 0.3) is 0 Å². The summed E-state index contributed by atoms with van der Waals surface area (Å²) in [5.41, 5.74) is 3.17. The Hall–Kier alpha value is -4.08. The first-order chi connectivity index (χ1) is 19.9. The highest BCUT2D eigenvalue weighted by Gasteiger charge is 2.14. The van der Waals surface area contributed by atoms with E-state index in [0.717, 1.165) is 11.1 Å². The van der Waals surface area contributed by atoms with Crippen LogP contribution >= 0.6 is 0 Å². The molecule has 3 aromatic rings. The molecule has 41 heavy (non-hydrogen) atoms. The number of hydrogen-bond donors (Lipinski definition) is 1. The summed E-state index contributed by atoms with van der Waals surface area (Å²) in [5.74, 6) is -0.0562. The van der Waals surface area contributed by atoms with E-state index < -0.39 is 24.5 Å². The molecule has 0 aliphatic rings. The maximum Gasteiger partial charge on any atom is 0.508 e. The summed E-state index contributed by atoms with van der Waals surface area (Å²) in [5, 5.41) is 10.0. The Kier molecular flexibility index (Phi) is 13.5. The van der Waals surface area contributed by atoms with Crippen LogP contribution in [0.2, 0.25) is 0 Å². The molecule has 0 unspecified atom stereocenters. The standard InChI is InChI=1S/C32H38O9/c1-24(13-15-36-20-26-9-5-3-6-10-26)40-31(34)38-22-28-17-29(19-30(33)18-28)23-39-32(35)41-25(2)14-16-37-21-27-11-7-4-8-12-27/h3-12,17-19,24-25,33H,13-16,20-23H2,1-2H3/t24-,25-/m0/s1. The minimum atomic E-state index is -0.827. The van der Waals surface area contributed by atoms with E-state index in [4.69, 9.17) is 28.4 Å². The molecule has 0 saturated heterocycles. The van der Waals surface area contributed by atoms with E-state index in [2.05, 4.69) is 0 Å². The lowest BCUT2D eigenvalue weighted by atomic mass is 10.1. The fraction of sp³-hybridized carbons (Fsp3) is 0.375. The van der Waals surface area contributed by atoms with Gasteiger partial charge in [0.2, 0.25) is 0 Å². The summed E-state index contributed by atoms with van der Waals surface area (Å²) in [4.78, 5) is 24.2. The molecular weight excluding hydrogens is 528 g/mol. The van der Waals surface area contributed by atoms with Gasteiger partial charge in [0.15, 0.2) is 0 Å². The number of benzene rings is 3. The van der Waals surface area contributed by atoms with Crippen LogP contribution in [-0.4, -0.2) is 42.8 Å². The second kappa shape index (κ2) is 17.6. The highest BCUT2D eigenvalue weighted by Crippen LogP contribution is 2.18. The van der Waals surface area contributed by atoms with E-state index in [1.54, 1.807) is 19.9 Å². The molecule has 0 heterocycles. The number of carbonyl (C=O) groups excluding carboxylic acids is 2. The molecule has 2 atom stereocenters. The normalized spacial score (nSPS) is 12.2. The zero-order valence-corrected chi connectivity index (χ0v) is 23.5. The maximum absolute atomic E-state index is 12.1. The van der Waals surface area contributed by atoms with Crippen molar-refractivity contribution in [3.05, 3.63) is 101 Å². The van der Waals surface area contributed by atoms with Crippen molar-refractivity contribution in [3.8, 4) is 5.75 Å². The summed E-state index contributed by atoms with van der Waals surface area (Å²) < 4.78 is 32.1. The lowest BCUT2D eigenvalue weighted by molar-refractivity contribution is 0.00956. The molecule has 0 fully saturated rings. The number of phenolic OH excluding ortho intramolecular Hbond substituents is 1. The van der Waals surface area contributed by atoms with Crippen molar-refractivity contribution in [1.29, 1.82) is 0 Å². The largest absolute Gasteiger partial charge is 0.508 e. The van der Waals surface area contributed by atoms with Gasteiger partial charge in [-0.3, -0.25) is 0 Å². The average molecular weight is 567 g/mol. The molecule has 0 aliphatic carbocycles. The topological polar surface area (TPSA) is 110 Å². The van der Waals surface area contributed by atoms with Crippen molar-refractivity contribution in [3.63, 3.8) is 0 Å². The van der Waals surface area contributed by atoms with Gasteiger partial charge in [0.1, 0.15) is 31.2 Å². The van der Waals surface area contributed by atoms with Gasteiger partial charge in [0, 0.05) is 12.8 Å². The van der Waals surface area contributed by atoms with Crippen LogP contribution in [0, 0.1) is 0 Å². The van der Waals surface area contributed by atoms with E-state index in [-0.39, 0.29) is 19.0 Å². The Labute approximate surface area is 240 Å². The molecule has 9 heteroatoms. The molecular formula is C32H38O9. The highest BCUT2D eigenvalue weighted by atomic mass is 16.7. The molecule has 0 aromatic heterocycles. The van der Waals surface area contributed by atoms with Gasteiger partial charge in [0.05, 0.1) is 26.4 Å². The molecule has 0 aliphatic heterocycles. The number of phenols is 1. The molecule has 0 amide bonds. The van der Waals surface area contributed by atoms with E-state index in [9.17, 15) is 14.7 Å². The van der Waals surface area contributed by atoms with Crippen LogP contribution in [0.5, 0.6) is 5.75 Å². The molecule has 0 spiro atoms. The van der Waals surface area contributed by atoms with Gasteiger partial charge in [-0.25, -0.2) is 9.59 Å². The molecule has 3 aromatic carbocycles. The Bertz CT molecular complexity index is 1090. The second-order valence-electron chi connectivity index (χ2n) is 9.60. The van der Waals surface area contributed by atoms with Crippen LogP contribution < -0.4 is 0 Å². The first-order valence-corrected chi connectivity index (χ1v) is 13.6. The van der Waals surface area contributed by atoms with Gasteiger partial charge in [-0.2, -0.15) is 0 Å². The molecule has 0 bridgehead atoms. The van der Waals surface area contributed by atoms with Crippen molar-refractivity contribution in [2.75, 3.05) is 13.2 Å². The van der Waals surface area contributed by atoms with E-state index in [0.29, 0.717) is 50.4 Å². The Morgan fingerprint density at radius 1 is 0.610 bits per heavy atom. The van der Waals surface area contributed by atoms with Crippen LogP contribution in [0.15, 0.2) is 78.9 Å². The highest BCUT2D eigenvalue weighted by molar-refractivity contribution is 5.60. The Balaban J connectivity index is 1.30. The van der Waals surface area contributed by atoms with Crippen molar-refractivity contribution < 1.29 is 43.1 Å². The minimum Gasteiger partial charge on any atom is -0.508 e. The molecule has 220 valence electrons. The van der Waals surface area contributed by atoms with Crippen LogP contribution in [0.1, 0.15) is 48.9 Å². The quantitative estimate of drug-likeness (QED) is 0.150. The van der Waals surface area contributed by atoms with E-state index >= 15 is 0 Å². The summed E-state index contributed by atoms with van der Waals surface area (Å²) in [6.45, 7) is 5.11. The summed E-state index contributed by atoms with van der Waals surface area (Å²) >= 11 is 0. The first-order valence-electron chi connectivity index (χ1n) is 13.6. The lowest BCUT2D eigenvalue weighted by Crippen LogP contribution is -2.18. The van der Waals surface area contributed by atoms with Gasteiger partial charge in [-0.15, -0.1) is 0 Å². The predicted molar refractivity (Wildman–Crippen MR) is 151 cm³/mol. The van der Waals surface area contributed by atoms with Gasteiger partial charge in [-0.05, 0) is 54.3 Å². The van der Waals surface area contributed by atoms with Crippen molar-refractivity contribution in [2.24, 2.45) is 0 Å². The molecule has 9 nitrogen and oxygen atoms in total. The van der Waals surface area contributed by atoms with Gasteiger partial charge < -0.3 is 33.5 Å². The minimum absolute atomic E-state index is 0.0562. The fourth-order valence-electron chi connectivity index (χ4n) is 3.74. The molecule has 3 rings (SSSR count). The van der Waals surface area contributed by atoms with Crippen LogP contribution in [0.4, 0.5) is 9.59 Å². The zero-order valence-electron chi connectivity index (χ0n) is 23.5. The summed E-state index contributed by atoms with van der Waals surface area (Å²) in [6, 6.07) is 24.2. The van der Waals surface area contributed by atoms with Crippen molar-refractivity contribution in [2.45, 2.75) is 65.3 Å². The van der Waals surface area contributed by atoms with E-state index in [1.807, 2.05) is 60.7 Å². The van der Waals surface area contributed by atoms with Crippen molar-refractivity contribution >= 4 is 12.3 Å². The number of carbonyl (C=O) groups is 2. The second-order valence-corrected chi connectivity index (χ2v) is 9.60. The maximum atomic E-state index is 12.1. The number of hydrogen-bond acceptors (Lipinski definition) is 9. The smallest absolute Gasteiger partial charge is 0.508 e. The summed E-state index contributed by atoms with van der Waals surface area (Å²) in [7, 11) is 0.